The van der Waals surface area contributed by atoms with Gasteiger partial charge in [-0.1, -0.05) is 26.2 Å². The lowest BCUT2D eigenvalue weighted by Crippen LogP contribution is -2.10. The van der Waals surface area contributed by atoms with Crippen LogP contribution in [0.1, 0.15) is 43.0 Å². The second-order valence-corrected chi connectivity index (χ2v) is 5.11. The summed E-state index contributed by atoms with van der Waals surface area (Å²) in [7, 11) is 0. The Balaban J connectivity index is 1.83. The second kappa shape index (κ2) is 8.78. The van der Waals surface area contributed by atoms with E-state index in [1.165, 1.54) is 31.4 Å². The highest BCUT2D eigenvalue weighted by molar-refractivity contribution is 5.90. The Morgan fingerprint density at radius 2 is 1.74 bits per heavy atom. The van der Waals surface area contributed by atoms with Gasteiger partial charge in [0.2, 0.25) is 0 Å². The smallest absolute Gasteiger partial charge is 0.346 e. The summed E-state index contributed by atoms with van der Waals surface area (Å²) in [5, 5.41) is 0. The molecule has 0 N–H and O–H groups in total. The van der Waals surface area contributed by atoms with Gasteiger partial charge in [0.05, 0.1) is 12.2 Å². The zero-order valence-electron chi connectivity index (χ0n) is 13.1. The third kappa shape index (κ3) is 5.62. The van der Waals surface area contributed by atoms with Crippen molar-refractivity contribution >= 4 is 5.97 Å². The average Bonchev–Trinajstić information content (AvgIpc) is 2.57. The van der Waals surface area contributed by atoms with Gasteiger partial charge >= 0.3 is 11.6 Å². The van der Waals surface area contributed by atoms with E-state index in [2.05, 4.69) is 11.3 Å². The van der Waals surface area contributed by atoms with Gasteiger partial charge in [-0.25, -0.2) is 9.59 Å². The Kier molecular flexibility index (Phi) is 6.41. The van der Waals surface area contributed by atoms with Gasteiger partial charge < -0.3 is 13.9 Å². The first-order chi connectivity index (χ1) is 11.2. The van der Waals surface area contributed by atoms with Crippen molar-refractivity contribution < 1.29 is 18.7 Å². The number of unbranched alkanes of at least 4 members (excludes halogenated alkanes) is 3. The predicted molar refractivity (Wildman–Crippen MR) is 86.0 cm³/mol. The fourth-order valence-corrected chi connectivity index (χ4v) is 1.96. The molecule has 0 aliphatic heterocycles. The molecule has 0 fully saturated rings. The van der Waals surface area contributed by atoms with Crippen molar-refractivity contribution in [2.24, 2.45) is 0 Å². The molecule has 1 heterocycles. The van der Waals surface area contributed by atoms with Crippen LogP contribution >= 0.6 is 0 Å². The molecule has 0 amide bonds. The Morgan fingerprint density at radius 3 is 2.39 bits per heavy atom. The highest BCUT2D eigenvalue weighted by Gasteiger charge is 2.09. The fraction of sp³-hybridized carbons (Fsp3) is 0.333. The van der Waals surface area contributed by atoms with Gasteiger partial charge in [0.15, 0.2) is 0 Å². The minimum absolute atomic E-state index is 0.181. The van der Waals surface area contributed by atoms with Crippen LogP contribution in [0.2, 0.25) is 0 Å². The van der Waals surface area contributed by atoms with Gasteiger partial charge in [0.25, 0.3) is 0 Å². The molecule has 0 aliphatic rings. The molecule has 0 aliphatic carbocycles. The molecule has 0 saturated carbocycles. The third-order valence-electron chi connectivity index (χ3n) is 3.24. The quantitative estimate of drug-likeness (QED) is 0.421. The molecular formula is C18H20O5. The van der Waals surface area contributed by atoms with Crippen LogP contribution in [0.25, 0.3) is 0 Å². The standard InChI is InChI=1S/C18H20O5/c1-2-3-4-5-12-21-15-7-9-16(10-8-15)23-18(20)14-6-11-17(19)22-13-14/h6-11,13H,2-5,12H2,1H3. The summed E-state index contributed by atoms with van der Waals surface area (Å²) in [5.74, 6) is 0.563. The van der Waals surface area contributed by atoms with Crippen LogP contribution in [0.5, 0.6) is 11.5 Å². The second-order valence-electron chi connectivity index (χ2n) is 5.11. The van der Waals surface area contributed by atoms with Gasteiger partial charge in [-0.15, -0.1) is 0 Å². The van der Waals surface area contributed by atoms with Crippen molar-refractivity contribution in [1.82, 2.24) is 0 Å². The van der Waals surface area contributed by atoms with E-state index in [1.54, 1.807) is 24.3 Å². The fourth-order valence-electron chi connectivity index (χ4n) is 1.96. The van der Waals surface area contributed by atoms with Gasteiger partial charge in [-0.3, -0.25) is 0 Å². The summed E-state index contributed by atoms with van der Waals surface area (Å²) in [6.07, 6.45) is 5.70. The van der Waals surface area contributed by atoms with Crippen LogP contribution in [0, 0.1) is 0 Å². The molecule has 2 rings (SSSR count). The molecule has 0 saturated heterocycles. The maximum absolute atomic E-state index is 11.9. The van der Waals surface area contributed by atoms with E-state index in [9.17, 15) is 9.59 Å². The molecule has 0 bridgehead atoms. The molecule has 0 radical (unpaired) electrons. The molecule has 0 unspecified atom stereocenters. The van der Waals surface area contributed by atoms with Gasteiger partial charge in [0.1, 0.15) is 17.8 Å². The minimum atomic E-state index is -0.581. The molecule has 5 heteroatoms. The number of hydrogen-bond donors (Lipinski definition) is 0. The van der Waals surface area contributed by atoms with Crippen molar-refractivity contribution in [2.75, 3.05) is 6.61 Å². The molecule has 0 spiro atoms. The SMILES string of the molecule is CCCCCCOc1ccc(OC(=O)c2ccc(=O)oc2)cc1. The van der Waals surface area contributed by atoms with Crippen LogP contribution in [0.4, 0.5) is 0 Å². The summed E-state index contributed by atoms with van der Waals surface area (Å²) in [5.41, 5.74) is -0.331. The topological polar surface area (TPSA) is 65.7 Å². The maximum Gasteiger partial charge on any atom is 0.346 e. The summed E-state index contributed by atoms with van der Waals surface area (Å²) in [6, 6.07) is 9.38. The molecule has 5 nitrogen and oxygen atoms in total. The van der Waals surface area contributed by atoms with Crippen LogP contribution in [0.3, 0.4) is 0 Å². The van der Waals surface area contributed by atoms with E-state index in [-0.39, 0.29) is 5.56 Å². The van der Waals surface area contributed by atoms with E-state index in [0.29, 0.717) is 12.4 Å². The van der Waals surface area contributed by atoms with Crippen molar-refractivity contribution in [3.63, 3.8) is 0 Å². The summed E-state index contributed by atoms with van der Waals surface area (Å²) < 4.78 is 15.4. The van der Waals surface area contributed by atoms with Gasteiger partial charge in [-0.2, -0.15) is 0 Å². The largest absolute Gasteiger partial charge is 0.494 e. The summed E-state index contributed by atoms with van der Waals surface area (Å²) >= 11 is 0. The molecule has 23 heavy (non-hydrogen) atoms. The van der Waals surface area contributed by atoms with Crippen LogP contribution in [0.15, 0.2) is 51.9 Å². The Labute approximate surface area is 134 Å². The van der Waals surface area contributed by atoms with E-state index in [4.69, 9.17) is 9.47 Å². The Morgan fingerprint density at radius 1 is 1.00 bits per heavy atom. The first-order valence-corrected chi connectivity index (χ1v) is 7.73. The molecule has 1 aromatic carbocycles. The van der Waals surface area contributed by atoms with E-state index < -0.39 is 11.6 Å². The monoisotopic (exact) mass is 316 g/mol. The highest BCUT2D eigenvalue weighted by Crippen LogP contribution is 2.19. The number of carbonyl (C=O) groups excluding carboxylic acids is 1. The molecule has 122 valence electrons. The van der Waals surface area contributed by atoms with Crippen LogP contribution < -0.4 is 15.1 Å². The van der Waals surface area contributed by atoms with Crippen molar-refractivity contribution in [3.05, 3.63) is 58.6 Å². The van der Waals surface area contributed by atoms with E-state index in [1.807, 2.05) is 0 Å². The average molecular weight is 316 g/mol. The predicted octanol–water partition coefficient (Wildman–Crippen LogP) is 3.82. The first kappa shape index (κ1) is 16.8. The molecule has 0 atom stereocenters. The van der Waals surface area contributed by atoms with Crippen LogP contribution in [-0.4, -0.2) is 12.6 Å². The number of benzene rings is 1. The minimum Gasteiger partial charge on any atom is -0.494 e. The maximum atomic E-state index is 11.9. The number of ether oxygens (including phenoxy) is 2. The number of rotatable bonds is 8. The lowest BCUT2D eigenvalue weighted by molar-refractivity contribution is 0.0731. The van der Waals surface area contributed by atoms with Crippen molar-refractivity contribution in [2.45, 2.75) is 32.6 Å². The third-order valence-corrected chi connectivity index (χ3v) is 3.24. The van der Waals surface area contributed by atoms with Crippen LogP contribution in [-0.2, 0) is 0 Å². The lowest BCUT2D eigenvalue weighted by atomic mass is 10.2. The number of carbonyl (C=O) groups is 1. The van der Waals surface area contributed by atoms with E-state index >= 15 is 0 Å². The zero-order chi connectivity index (χ0) is 16.5. The molecular weight excluding hydrogens is 296 g/mol. The first-order valence-electron chi connectivity index (χ1n) is 7.73. The summed E-state index contributed by atoms with van der Waals surface area (Å²) in [4.78, 5) is 22.7. The zero-order valence-corrected chi connectivity index (χ0v) is 13.1. The Bertz CT molecular complexity index is 652. The van der Waals surface area contributed by atoms with Gasteiger partial charge in [0, 0.05) is 6.07 Å². The summed E-state index contributed by atoms with van der Waals surface area (Å²) in [6.45, 7) is 2.85. The van der Waals surface area contributed by atoms with Crippen molar-refractivity contribution in [1.29, 1.82) is 0 Å². The molecule has 2 aromatic rings. The van der Waals surface area contributed by atoms with Crippen molar-refractivity contribution in [3.8, 4) is 11.5 Å². The lowest BCUT2D eigenvalue weighted by Gasteiger charge is -2.07. The Hall–Kier alpha value is -2.56. The van der Waals surface area contributed by atoms with E-state index in [0.717, 1.165) is 18.4 Å². The molecule has 1 aromatic heterocycles. The highest BCUT2D eigenvalue weighted by atomic mass is 16.5. The number of esters is 1. The normalized spacial score (nSPS) is 10.3. The number of hydrogen-bond acceptors (Lipinski definition) is 5. The van der Waals surface area contributed by atoms with Gasteiger partial charge in [-0.05, 0) is 36.8 Å².